The van der Waals surface area contributed by atoms with Crippen molar-refractivity contribution < 1.29 is 47.0 Å². The van der Waals surface area contributed by atoms with Crippen LogP contribution in [0.3, 0.4) is 0 Å². The van der Waals surface area contributed by atoms with Crippen molar-refractivity contribution in [2.45, 2.75) is 38.9 Å². The van der Waals surface area contributed by atoms with Crippen LogP contribution in [-0.4, -0.2) is 135 Å². The van der Waals surface area contributed by atoms with Crippen molar-refractivity contribution in [3.05, 3.63) is 96.5 Å². The molecule has 0 spiro atoms. The SMILES string of the molecule is Cc1nc2cc(C(=O)Nc3nnc(-c4ccco4)s3)ccc2n1CCOCCOCCNC(=O)CC[C@H](N)C(=O)NCCOCCOCCn1cnc2cc(C(=O)Nc3nnc(-c4ccco4)s3)ccc21. The van der Waals surface area contributed by atoms with E-state index in [-0.39, 0.29) is 49.6 Å². The molecule has 25 heteroatoms. The van der Waals surface area contributed by atoms with Crippen molar-refractivity contribution in [1.29, 1.82) is 0 Å². The van der Waals surface area contributed by atoms with Gasteiger partial charge >= 0.3 is 0 Å². The number of nitrogens with one attached hydrogen (secondary N) is 4. The second-order valence-electron chi connectivity index (χ2n) is 15.6. The second-order valence-corrected chi connectivity index (χ2v) is 17.5. The summed E-state index contributed by atoms with van der Waals surface area (Å²) in [5, 5.41) is 29.1. The van der Waals surface area contributed by atoms with Gasteiger partial charge in [0.2, 0.25) is 22.1 Å². The molecule has 6 N–H and O–H groups in total. The first-order valence-corrected chi connectivity index (χ1v) is 24.2. The van der Waals surface area contributed by atoms with Gasteiger partial charge in [0, 0.05) is 43.7 Å². The van der Waals surface area contributed by atoms with Crippen LogP contribution in [0, 0.1) is 6.92 Å². The first kappa shape index (κ1) is 50.1. The van der Waals surface area contributed by atoms with Gasteiger partial charge in [0.15, 0.2) is 21.5 Å². The smallest absolute Gasteiger partial charge is 0.257 e. The summed E-state index contributed by atoms with van der Waals surface area (Å²) in [6.45, 7) is 6.37. The van der Waals surface area contributed by atoms with E-state index in [1.807, 2.05) is 28.2 Å². The summed E-state index contributed by atoms with van der Waals surface area (Å²) < 4.78 is 37.3. The zero-order valence-corrected chi connectivity index (χ0v) is 40.2. The van der Waals surface area contributed by atoms with Gasteiger partial charge in [-0.1, -0.05) is 22.7 Å². The molecule has 8 rings (SSSR count). The molecule has 0 aliphatic rings. The number of fused-ring (bicyclic) bond motifs is 2. The number of carbonyl (C=O) groups is 4. The fourth-order valence-corrected chi connectivity index (χ4v) is 8.47. The number of amides is 4. The topological polar surface area (TPSA) is 293 Å². The van der Waals surface area contributed by atoms with Crippen LogP contribution in [0.5, 0.6) is 0 Å². The van der Waals surface area contributed by atoms with Crippen LogP contribution >= 0.6 is 22.7 Å². The zero-order valence-electron chi connectivity index (χ0n) is 38.5. The van der Waals surface area contributed by atoms with Crippen molar-refractivity contribution in [3.63, 3.8) is 0 Å². The molecule has 0 saturated heterocycles. The van der Waals surface area contributed by atoms with Gasteiger partial charge in [-0.2, -0.15) is 0 Å². The Morgan fingerprint density at radius 2 is 1.24 bits per heavy atom. The van der Waals surface area contributed by atoms with Gasteiger partial charge in [0.1, 0.15) is 5.82 Å². The molecule has 372 valence electrons. The molecule has 4 amide bonds. The van der Waals surface area contributed by atoms with Crippen molar-refractivity contribution in [2.75, 3.05) is 76.6 Å². The van der Waals surface area contributed by atoms with Gasteiger partial charge in [0.25, 0.3) is 11.8 Å². The minimum atomic E-state index is -0.841. The van der Waals surface area contributed by atoms with E-state index in [1.54, 1.807) is 67.4 Å². The number of anilines is 2. The molecule has 6 heterocycles. The Morgan fingerprint density at radius 1 is 0.676 bits per heavy atom. The van der Waals surface area contributed by atoms with E-state index in [2.05, 4.69) is 51.6 Å². The zero-order chi connectivity index (χ0) is 49.4. The second kappa shape index (κ2) is 25.0. The molecule has 71 heavy (non-hydrogen) atoms. The molecule has 0 bridgehead atoms. The van der Waals surface area contributed by atoms with Crippen LogP contribution in [0.25, 0.3) is 43.6 Å². The number of hydrogen-bond donors (Lipinski definition) is 5. The fourth-order valence-electron chi connectivity index (χ4n) is 7.05. The summed E-state index contributed by atoms with van der Waals surface area (Å²) in [4.78, 5) is 59.6. The van der Waals surface area contributed by atoms with Gasteiger partial charge < -0.3 is 53.3 Å². The van der Waals surface area contributed by atoms with E-state index in [9.17, 15) is 19.2 Å². The number of carbonyl (C=O) groups excluding carboxylic acids is 4. The van der Waals surface area contributed by atoms with Crippen molar-refractivity contribution >= 4 is 78.6 Å². The van der Waals surface area contributed by atoms with E-state index in [0.29, 0.717) is 120 Å². The number of nitrogens with two attached hydrogens (primary N) is 1. The highest BCUT2D eigenvalue weighted by Crippen LogP contribution is 2.28. The molecule has 0 saturated carbocycles. The maximum absolute atomic E-state index is 12.9. The summed E-state index contributed by atoms with van der Waals surface area (Å²) in [5.74, 6) is 0.702. The molecular formula is C46H51N13O10S2. The molecule has 0 radical (unpaired) electrons. The molecule has 1 atom stereocenters. The molecule has 0 fully saturated rings. The molecular weight excluding hydrogens is 959 g/mol. The normalized spacial score (nSPS) is 11.9. The Kier molecular flexibility index (Phi) is 17.7. The largest absolute Gasteiger partial charge is 0.462 e. The number of aromatic nitrogens is 8. The monoisotopic (exact) mass is 1010 g/mol. The molecule has 0 aliphatic carbocycles. The minimum absolute atomic E-state index is 0.0918. The highest BCUT2D eigenvalue weighted by molar-refractivity contribution is 7.18. The first-order chi connectivity index (χ1) is 34.7. The number of hydrogen-bond acceptors (Lipinski definition) is 19. The van der Waals surface area contributed by atoms with E-state index < -0.39 is 6.04 Å². The third kappa shape index (κ3) is 14.0. The average molecular weight is 1010 g/mol. The van der Waals surface area contributed by atoms with Gasteiger partial charge in [0.05, 0.1) is 99.8 Å². The molecule has 2 aromatic carbocycles. The first-order valence-electron chi connectivity index (χ1n) is 22.6. The summed E-state index contributed by atoms with van der Waals surface area (Å²) in [6, 6.07) is 16.8. The maximum Gasteiger partial charge on any atom is 0.257 e. The highest BCUT2D eigenvalue weighted by Gasteiger charge is 2.18. The number of imidazole rings is 2. The van der Waals surface area contributed by atoms with Crippen LogP contribution in [0.4, 0.5) is 10.3 Å². The lowest BCUT2D eigenvalue weighted by atomic mass is 10.1. The fraction of sp³-hybridized carbons (Fsp3) is 0.348. The predicted octanol–water partition coefficient (Wildman–Crippen LogP) is 4.53. The number of furan rings is 2. The summed E-state index contributed by atoms with van der Waals surface area (Å²) in [5.41, 5.74) is 9.97. The number of rotatable bonds is 28. The Balaban J connectivity index is 0.606. The predicted molar refractivity (Wildman–Crippen MR) is 262 cm³/mol. The third-order valence-electron chi connectivity index (χ3n) is 10.7. The van der Waals surface area contributed by atoms with E-state index >= 15 is 0 Å². The Labute approximate surface area is 413 Å². The molecule has 0 unspecified atom stereocenters. The Morgan fingerprint density at radius 3 is 1.85 bits per heavy atom. The van der Waals surface area contributed by atoms with Gasteiger partial charge in [-0.05, 0) is 74.0 Å². The lowest BCUT2D eigenvalue weighted by molar-refractivity contribution is -0.123. The number of nitrogens with zero attached hydrogens (tertiary/aromatic N) is 8. The lowest BCUT2D eigenvalue weighted by Crippen LogP contribution is -2.42. The van der Waals surface area contributed by atoms with Gasteiger partial charge in [-0.3, -0.25) is 29.8 Å². The van der Waals surface area contributed by atoms with Crippen LogP contribution in [0.2, 0.25) is 0 Å². The molecule has 0 aliphatic heterocycles. The molecule has 6 aromatic heterocycles. The van der Waals surface area contributed by atoms with Crippen molar-refractivity contribution in [3.8, 4) is 21.5 Å². The number of benzene rings is 2. The van der Waals surface area contributed by atoms with E-state index in [4.69, 9.17) is 33.5 Å². The molecule has 23 nitrogen and oxygen atoms in total. The lowest BCUT2D eigenvalue weighted by Gasteiger charge is -2.13. The third-order valence-corrected chi connectivity index (χ3v) is 12.4. The van der Waals surface area contributed by atoms with Crippen LogP contribution in [0.1, 0.15) is 39.4 Å². The standard InChI is InChI=1S/C46H51N13O10S2/c1-29-51-34-27-31(41(62)53-46-57-55-44(71-46)38-5-3-17-69-38)7-10-36(34)59(29)15-21-67-25-23-64-18-12-48-39(60)11-8-32(47)42(63)49-13-19-65-22-24-66-20-14-58-28-50-33-26-30(6-9-35(33)58)40(61)52-45-56-54-43(70-45)37-4-2-16-68-37/h2-7,9-10,16-17,26-28,32H,8,11-15,18-25,47H2,1H3,(H,48,60)(H,49,63)(H,52,56,61)(H,53,57,62)/t32-/m0/s1. The quantitative estimate of drug-likeness (QED) is 0.0421. The Hall–Kier alpha value is -7.26. The average Bonchev–Trinajstić information content (AvgIpc) is 4.25. The van der Waals surface area contributed by atoms with Gasteiger partial charge in [-0.25, -0.2) is 9.97 Å². The summed E-state index contributed by atoms with van der Waals surface area (Å²) >= 11 is 2.43. The number of aryl methyl sites for hydroxylation is 1. The summed E-state index contributed by atoms with van der Waals surface area (Å²) in [6.07, 6.45) is 5.07. The van der Waals surface area contributed by atoms with E-state index in [1.165, 1.54) is 22.7 Å². The summed E-state index contributed by atoms with van der Waals surface area (Å²) in [7, 11) is 0. The van der Waals surface area contributed by atoms with Gasteiger partial charge in [-0.15, -0.1) is 20.4 Å². The van der Waals surface area contributed by atoms with Crippen molar-refractivity contribution in [2.24, 2.45) is 5.73 Å². The molecule has 8 aromatic rings. The van der Waals surface area contributed by atoms with Crippen molar-refractivity contribution in [1.82, 2.24) is 50.1 Å². The van der Waals surface area contributed by atoms with E-state index in [0.717, 1.165) is 16.9 Å². The minimum Gasteiger partial charge on any atom is -0.462 e. The van der Waals surface area contributed by atoms with Crippen LogP contribution in [0.15, 0.2) is 88.4 Å². The maximum atomic E-state index is 12.9. The van der Waals surface area contributed by atoms with Crippen LogP contribution in [-0.2, 0) is 41.6 Å². The highest BCUT2D eigenvalue weighted by atomic mass is 32.1. The van der Waals surface area contributed by atoms with Crippen LogP contribution < -0.4 is 27.0 Å². The number of ether oxygens (including phenoxy) is 4. The Bertz CT molecular complexity index is 3000.